The third-order valence-corrected chi connectivity index (χ3v) is 1.78. The lowest BCUT2D eigenvalue weighted by molar-refractivity contribution is -0.122. The molecular weight excluding hydrogens is 126 g/mol. The van der Waals surface area contributed by atoms with Gasteiger partial charge in [-0.05, 0) is 20.8 Å². The Bertz CT molecular complexity index is 193. The molecule has 1 aliphatic heterocycles. The summed E-state index contributed by atoms with van der Waals surface area (Å²) in [6.45, 7) is 10.3. The van der Waals surface area contributed by atoms with E-state index in [1.54, 1.807) is 6.92 Å². The molecule has 2 nitrogen and oxygen atoms in total. The van der Waals surface area contributed by atoms with E-state index in [2.05, 4.69) is 6.58 Å². The van der Waals surface area contributed by atoms with E-state index in [-0.39, 0.29) is 11.4 Å². The molecule has 0 aromatic heterocycles. The largest absolute Gasteiger partial charge is 0.330 e. The van der Waals surface area contributed by atoms with Crippen LogP contribution in [0.4, 0.5) is 0 Å². The fourth-order valence-electron chi connectivity index (χ4n) is 0.929. The average molecular weight is 139 g/mol. The summed E-state index contributed by atoms with van der Waals surface area (Å²) in [6.07, 6.45) is 0. The summed E-state index contributed by atoms with van der Waals surface area (Å²) in [5, 5.41) is 0. The second-order valence-electron chi connectivity index (χ2n) is 3.48. The van der Waals surface area contributed by atoms with E-state index in [1.165, 1.54) is 0 Å². The zero-order chi connectivity index (χ0) is 7.94. The second-order valence-corrected chi connectivity index (χ2v) is 3.48. The quantitative estimate of drug-likeness (QED) is 0.394. The Hall–Kier alpha value is -0.790. The van der Waals surface area contributed by atoms with Crippen LogP contribution in [0.2, 0.25) is 0 Å². The maximum atomic E-state index is 11.1. The van der Waals surface area contributed by atoms with Crippen molar-refractivity contribution in [3.63, 3.8) is 0 Å². The summed E-state index contributed by atoms with van der Waals surface area (Å²) in [5.41, 5.74) is 0.723. The molecule has 2 heteroatoms. The van der Waals surface area contributed by atoms with Gasteiger partial charge in [0.15, 0.2) is 0 Å². The molecule has 0 atom stereocenters. The molecule has 1 saturated heterocycles. The third-order valence-electron chi connectivity index (χ3n) is 1.78. The first-order valence-corrected chi connectivity index (χ1v) is 3.42. The van der Waals surface area contributed by atoms with Crippen molar-refractivity contribution in [3.8, 4) is 0 Å². The summed E-state index contributed by atoms with van der Waals surface area (Å²) in [6, 6.07) is 0. The normalized spacial score (nSPS) is 20.5. The zero-order valence-electron chi connectivity index (χ0n) is 6.77. The fourth-order valence-corrected chi connectivity index (χ4v) is 0.929. The first-order chi connectivity index (χ1) is 4.45. The lowest BCUT2D eigenvalue weighted by atomic mass is 10.2. The Morgan fingerprint density at radius 3 is 2.10 bits per heavy atom. The van der Waals surface area contributed by atoms with Gasteiger partial charge in [0.2, 0.25) is 5.91 Å². The highest BCUT2D eigenvalue weighted by Crippen LogP contribution is 2.31. The number of hydrogen-bond acceptors (Lipinski definition) is 1. The van der Waals surface area contributed by atoms with E-state index >= 15 is 0 Å². The third kappa shape index (κ3) is 1.06. The Morgan fingerprint density at radius 2 is 2.00 bits per heavy atom. The molecule has 1 amide bonds. The summed E-state index contributed by atoms with van der Waals surface area (Å²) >= 11 is 0. The van der Waals surface area contributed by atoms with Gasteiger partial charge in [0.25, 0.3) is 0 Å². The molecule has 1 aliphatic rings. The molecule has 0 aromatic carbocycles. The molecular formula is C8H13NO. The van der Waals surface area contributed by atoms with Gasteiger partial charge in [-0.3, -0.25) is 4.79 Å². The smallest absolute Gasteiger partial charge is 0.249 e. The molecule has 0 aliphatic carbocycles. The number of carbonyl (C=O) groups is 1. The Kier molecular flexibility index (Phi) is 1.35. The predicted octanol–water partition coefficient (Wildman–Crippen LogP) is 1.18. The van der Waals surface area contributed by atoms with E-state index in [1.807, 2.05) is 18.7 Å². The minimum Gasteiger partial charge on any atom is -0.330 e. The molecule has 0 N–H and O–H groups in total. The molecule has 1 heterocycles. The molecule has 0 saturated carbocycles. The van der Waals surface area contributed by atoms with Crippen molar-refractivity contribution < 1.29 is 4.79 Å². The highest BCUT2D eigenvalue weighted by molar-refractivity contribution is 5.94. The highest BCUT2D eigenvalue weighted by Gasteiger charge is 2.46. The van der Waals surface area contributed by atoms with Crippen LogP contribution in [0, 0.1) is 0 Å². The van der Waals surface area contributed by atoms with Crippen molar-refractivity contribution in [2.45, 2.75) is 26.3 Å². The van der Waals surface area contributed by atoms with Crippen molar-refractivity contribution in [1.29, 1.82) is 0 Å². The Balaban J connectivity index is 2.56. The predicted molar refractivity (Wildman–Crippen MR) is 40.6 cm³/mol. The lowest BCUT2D eigenvalue weighted by Gasteiger charge is -2.05. The lowest BCUT2D eigenvalue weighted by Crippen LogP contribution is -2.17. The van der Waals surface area contributed by atoms with E-state index in [4.69, 9.17) is 0 Å². The van der Waals surface area contributed by atoms with Gasteiger partial charge in [-0.15, -0.1) is 0 Å². The Labute approximate surface area is 61.5 Å². The van der Waals surface area contributed by atoms with Crippen LogP contribution in [0.5, 0.6) is 0 Å². The second kappa shape index (κ2) is 1.84. The summed E-state index contributed by atoms with van der Waals surface area (Å²) in [5.74, 6) is 0.0880. The van der Waals surface area contributed by atoms with Crippen LogP contribution in [0.25, 0.3) is 0 Å². The van der Waals surface area contributed by atoms with Gasteiger partial charge in [0.1, 0.15) is 0 Å². The van der Waals surface area contributed by atoms with Crippen molar-refractivity contribution >= 4 is 5.91 Å². The zero-order valence-corrected chi connectivity index (χ0v) is 6.77. The molecule has 0 spiro atoms. The fraction of sp³-hybridized carbons (Fsp3) is 0.625. The molecule has 1 rings (SSSR count). The molecule has 56 valence electrons. The summed E-state index contributed by atoms with van der Waals surface area (Å²) in [7, 11) is 0. The van der Waals surface area contributed by atoms with Crippen LogP contribution in [-0.2, 0) is 4.79 Å². The maximum Gasteiger partial charge on any atom is 0.249 e. The van der Waals surface area contributed by atoms with Gasteiger partial charge in [0.05, 0.1) is 5.54 Å². The highest BCUT2D eigenvalue weighted by atomic mass is 16.2. The van der Waals surface area contributed by atoms with E-state index in [0.717, 1.165) is 6.54 Å². The molecule has 10 heavy (non-hydrogen) atoms. The van der Waals surface area contributed by atoms with Crippen molar-refractivity contribution in [2.24, 2.45) is 0 Å². The van der Waals surface area contributed by atoms with E-state index in [0.29, 0.717) is 5.57 Å². The SMILES string of the molecule is C=C(C)C(=O)N1CC1(C)C. The van der Waals surface area contributed by atoms with Crippen LogP contribution in [-0.4, -0.2) is 22.9 Å². The minimum atomic E-state index is 0.0880. The molecule has 1 fully saturated rings. The van der Waals surface area contributed by atoms with Gasteiger partial charge >= 0.3 is 0 Å². The van der Waals surface area contributed by atoms with Gasteiger partial charge < -0.3 is 4.90 Å². The van der Waals surface area contributed by atoms with Crippen LogP contribution in [0.15, 0.2) is 12.2 Å². The molecule has 0 unspecified atom stereocenters. The average Bonchev–Trinajstić information content (AvgIpc) is 2.38. The van der Waals surface area contributed by atoms with Crippen molar-refractivity contribution in [3.05, 3.63) is 12.2 Å². The monoisotopic (exact) mass is 139 g/mol. The van der Waals surface area contributed by atoms with Crippen LogP contribution < -0.4 is 0 Å². The molecule has 0 aromatic rings. The molecule has 0 radical (unpaired) electrons. The number of rotatable bonds is 1. The van der Waals surface area contributed by atoms with Gasteiger partial charge in [0, 0.05) is 12.1 Å². The summed E-state index contributed by atoms with van der Waals surface area (Å²) in [4.78, 5) is 13.0. The first-order valence-electron chi connectivity index (χ1n) is 3.42. The van der Waals surface area contributed by atoms with Crippen molar-refractivity contribution in [2.75, 3.05) is 6.54 Å². The van der Waals surface area contributed by atoms with Gasteiger partial charge in [-0.1, -0.05) is 6.58 Å². The number of amides is 1. The van der Waals surface area contributed by atoms with E-state index in [9.17, 15) is 4.79 Å². The number of nitrogens with zero attached hydrogens (tertiary/aromatic N) is 1. The molecule has 0 bridgehead atoms. The topological polar surface area (TPSA) is 20.1 Å². The number of carbonyl (C=O) groups excluding carboxylic acids is 1. The first kappa shape index (κ1) is 7.32. The number of hydrogen-bond donors (Lipinski definition) is 0. The van der Waals surface area contributed by atoms with Crippen LogP contribution >= 0.6 is 0 Å². The van der Waals surface area contributed by atoms with E-state index < -0.39 is 0 Å². The standard InChI is InChI=1S/C8H13NO/c1-6(2)7(10)9-5-8(9,3)4/h1,5H2,2-4H3. The van der Waals surface area contributed by atoms with Crippen LogP contribution in [0.3, 0.4) is 0 Å². The Morgan fingerprint density at radius 1 is 1.60 bits per heavy atom. The summed E-state index contributed by atoms with van der Waals surface area (Å²) < 4.78 is 0. The maximum absolute atomic E-state index is 11.1. The van der Waals surface area contributed by atoms with Crippen LogP contribution in [0.1, 0.15) is 20.8 Å². The minimum absolute atomic E-state index is 0.0880. The van der Waals surface area contributed by atoms with Crippen molar-refractivity contribution in [1.82, 2.24) is 4.90 Å². The van der Waals surface area contributed by atoms with Gasteiger partial charge in [-0.25, -0.2) is 0 Å². The van der Waals surface area contributed by atoms with Gasteiger partial charge in [-0.2, -0.15) is 0 Å².